The van der Waals surface area contributed by atoms with E-state index in [9.17, 15) is 23.3 Å². The molecule has 0 N–H and O–H groups in total. The van der Waals surface area contributed by atoms with Crippen LogP contribution >= 0.6 is 22.9 Å². The van der Waals surface area contributed by atoms with E-state index in [2.05, 4.69) is 6.92 Å². The first-order valence-corrected chi connectivity index (χ1v) is 13.6. The van der Waals surface area contributed by atoms with Crippen molar-refractivity contribution < 1.29 is 18.1 Å². The zero-order chi connectivity index (χ0) is 24.5. The summed E-state index contributed by atoms with van der Waals surface area (Å²) in [5.74, 6) is -0.300. The molecule has 11 heteroatoms. The highest BCUT2D eigenvalue weighted by molar-refractivity contribution is 7.89. The van der Waals surface area contributed by atoms with E-state index in [1.807, 2.05) is 12.1 Å². The van der Waals surface area contributed by atoms with Gasteiger partial charge in [-0.2, -0.15) is 4.31 Å². The topological polar surface area (TPSA) is 101 Å². The summed E-state index contributed by atoms with van der Waals surface area (Å²) in [6.07, 6.45) is 3.06. The highest BCUT2D eigenvalue weighted by Gasteiger charge is 2.32. The van der Waals surface area contributed by atoms with Gasteiger partial charge in [0.2, 0.25) is 10.0 Å². The van der Waals surface area contributed by atoms with Crippen molar-refractivity contribution in [1.29, 1.82) is 0 Å². The Balaban J connectivity index is 1.45. The number of thiophene rings is 1. The minimum atomic E-state index is -3.65. The smallest absolute Gasteiger partial charge is 0.270 e. The fourth-order valence-corrected chi connectivity index (χ4v) is 6.87. The molecule has 1 aliphatic rings. The Labute approximate surface area is 206 Å². The van der Waals surface area contributed by atoms with E-state index in [-0.39, 0.29) is 47.7 Å². The number of benzene rings is 2. The normalized spacial score (nSPS) is 15.1. The molecule has 0 saturated carbocycles. The highest BCUT2D eigenvalue weighted by atomic mass is 35.5. The number of amides is 1. The van der Waals surface area contributed by atoms with Gasteiger partial charge in [0.15, 0.2) is 0 Å². The average Bonchev–Trinajstić information content (AvgIpc) is 3.18. The van der Waals surface area contributed by atoms with Crippen LogP contribution in [0.5, 0.6) is 0 Å². The van der Waals surface area contributed by atoms with Gasteiger partial charge in [0.05, 0.1) is 14.8 Å². The number of nitro benzene ring substituents is 1. The SMILES string of the molecule is CCCCc1ccc(S(=O)(=O)N2CCN(C(=O)c3sc4cc([N+](=O)[O-])ccc4c3Cl)CC2)cc1. The molecule has 1 aliphatic heterocycles. The zero-order valence-electron chi connectivity index (χ0n) is 18.6. The molecule has 34 heavy (non-hydrogen) atoms. The lowest BCUT2D eigenvalue weighted by molar-refractivity contribution is -0.384. The number of piperazine rings is 1. The monoisotopic (exact) mass is 521 g/mol. The molecule has 2 heterocycles. The highest BCUT2D eigenvalue weighted by Crippen LogP contribution is 2.38. The van der Waals surface area contributed by atoms with Crippen LogP contribution in [-0.2, 0) is 16.4 Å². The number of halogens is 1. The first-order valence-electron chi connectivity index (χ1n) is 11.0. The van der Waals surface area contributed by atoms with Crippen LogP contribution in [0.15, 0.2) is 47.4 Å². The van der Waals surface area contributed by atoms with E-state index in [4.69, 9.17) is 11.6 Å². The van der Waals surface area contributed by atoms with Crippen LogP contribution in [0.1, 0.15) is 35.0 Å². The molecule has 8 nitrogen and oxygen atoms in total. The standard InChI is InChI=1S/C23H24ClN3O5S2/c1-2-3-4-16-5-8-18(9-6-16)34(31,32)26-13-11-25(12-14-26)23(28)22-21(24)19-10-7-17(27(29)30)15-20(19)33-22/h5-10,15H,2-4,11-14H2,1H3. The van der Waals surface area contributed by atoms with Gasteiger partial charge in [0, 0.05) is 48.4 Å². The maximum atomic E-state index is 13.1. The molecule has 4 rings (SSSR count). The van der Waals surface area contributed by atoms with Crippen LogP contribution in [0.3, 0.4) is 0 Å². The van der Waals surface area contributed by atoms with Crippen molar-refractivity contribution in [2.24, 2.45) is 0 Å². The molecule has 0 aliphatic carbocycles. The van der Waals surface area contributed by atoms with Crippen molar-refractivity contribution >= 4 is 54.6 Å². The first-order chi connectivity index (χ1) is 16.2. The molecule has 2 aromatic carbocycles. The molecule has 1 aromatic heterocycles. The van der Waals surface area contributed by atoms with Crippen molar-refractivity contribution in [3.05, 3.63) is 68.0 Å². The van der Waals surface area contributed by atoms with Gasteiger partial charge >= 0.3 is 0 Å². The number of hydrogen-bond acceptors (Lipinski definition) is 6. The van der Waals surface area contributed by atoms with Crippen LogP contribution in [-0.4, -0.2) is 54.6 Å². The first kappa shape index (κ1) is 24.6. The number of nitro groups is 1. The minimum Gasteiger partial charge on any atom is -0.335 e. The van der Waals surface area contributed by atoms with Crippen molar-refractivity contribution in [3.63, 3.8) is 0 Å². The van der Waals surface area contributed by atoms with Gasteiger partial charge in [-0.25, -0.2) is 8.42 Å². The maximum absolute atomic E-state index is 13.1. The van der Waals surface area contributed by atoms with Gasteiger partial charge in [-0.1, -0.05) is 37.1 Å². The van der Waals surface area contributed by atoms with E-state index in [1.165, 1.54) is 16.4 Å². The number of fused-ring (bicyclic) bond motifs is 1. The number of sulfonamides is 1. The lowest BCUT2D eigenvalue weighted by Crippen LogP contribution is -2.50. The summed E-state index contributed by atoms with van der Waals surface area (Å²) in [5.41, 5.74) is 1.04. The van der Waals surface area contributed by atoms with Crippen LogP contribution in [0.4, 0.5) is 5.69 Å². The van der Waals surface area contributed by atoms with E-state index >= 15 is 0 Å². The number of nitrogens with zero attached hydrogens (tertiary/aromatic N) is 3. The molecule has 1 fully saturated rings. The lowest BCUT2D eigenvalue weighted by Gasteiger charge is -2.33. The van der Waals surface area contributed by atoms with Gasteiger partial charge in [-0.15, -0.1) is 11.3 Å². The summed E-state index contributed by atoms with van der Waals surface area (Å²) in [4.78, 5) is 25.8. The third-order valence-corrected chi connectivity index (χ3v) is 9.48. The number of aryl methyl sites for hydroxylation is 1. The summed E-state index contributed by atoms with van der Waals surface area (Å²) in [7, 11) is -3.65. The number of rotatable bonds is 7. The van der Waals surface area contributed by atoms with E-state index in [0.29, 0.717) is 15.0 Å². The summed E-state index contributed by atoms with van der Waals surface area (Å²) >= 11 is 7.52. The minimum absolute atomic E-state index is 0.0679. The fraction of sp³-hybridized carbons (Fsp3) is 0.348. The lowest BCUT2D eigenvalue weighted by atomic mass is 10.1. The predicted molar refractivity (Wildman–Crippen MR) is 133 cm³/mol. The second kappa shape index (κ2) is 9.99. The average molecular weight is 522 g/mol. The van der Waals surface area contributed by atoms with Gasteiger partial charge in [-0.05, 0) is 36.6 Å². The molecule has 0 atom stereocenters. The summed E-state index contributed by atoms with van der Waals surface area (Å²) in [5, 5.41) is 11.9. The number of hydrogen-bond donors (Lipinski definition) is 0. The molecular formula is C23H24ClN3O5S2. The molecule has 0 unspecified atom stereocenters. The number of carbonyl (C=O) groups excluding carboxylic acids is 1. The Bertz CT molecular complexity index is 1330. The second-order valence-corrected chi connectivity index (χ2v) is 11.5. The van der Waals surface area contributed by atoms with Gasteiger partial charge in [0.1, 0.15) is 4.88 Å². The van der Waals surface area contributed by atoms with Gasteiger partial charge in [-0.3, -0.25) is 14.9 Å². The molecule has 3 aromatic rings. The van der Waals surface area contributed by atoms with Crippen LogP contribution < -0.4 is 0 Å². The molecule has 1 amide bonds. The summed E-state index contributed by atoms with van der Waals surface area (Å²) in [6, 6.07) is 11.3. The van der Waals surface area contributed by atoms with Gasteiger partial charge in [0.25, 0.3) is 11.6 Å². The van der Waals surface area contributed by atoms with Crippen molar-refractivity contribution in [2.75, 3.05) is 26.2 Å². The molecular weight excluding hydrogens is 498 g/mol. The second-order valence-electron chi connectivity index (χ2n) is 8.13. The van der Waals surface area contributed by atoms with Crippen LogP contribution in [0.2, 0.25) is 5.02 Å². The van der Waals surface area contributed by atoms with E-state index < -0.39 is 14.9 Å². The molecule has 0 spiro atoms. The molecule has 180 valence electrons. The Kier molecular flexibility index (Phi) is 7.22. The van der Waals surface area contributed by atoms with Crippen molar-refractivity contribution in [1.82, 2.24) is 9.21 Å². The molecule has 0 bridgehead atoms. The maximum Gasteiger partial charge on any atom is 0.270 e. The Morgan fingerprint density at radius 3 is 2.41 bits per heavy atom. The third kappa shape index (κ3) is 4.81. The Morgan fingerprint density at radius 2 is 1.79 bits per heavy atom. The predicted octanol–water partition coefficient (Wildman–Crippen LogP) is 4.95. The van der Waals surface area contributed by atoms with Crippen molar-refractivity contribution in [2.45, 2.75) is 31.1 Å². The van der Waals surface area contributed by atoms with Crippen LogP contribution in [0, 0.1) is 10.1 Å². The Morgan fingerprint density at radius 1 is 1.12 bits per heavy atom. The van der Waals surface area contributed by atoms with Gasteiger partial charge < -0.3 is 4.90 Å². The zero-order valence-corrected chi connectivity index (χ0v) is 21.0. The molecule has 1 saturated heterocycles. The number of unbranched alkanes of at least 4 members (excludes halogenated alkanes) is 1. The number of non-ortho nitro benzene ring substituents is 1. The van der Waals surface area contributed by atoms with Crippen molar-refractivity contribution in [3.8, 4) is 0 Å². The summed E-state index contributed by atoms with van der Waals surface area (Å²) < 4.78 is 28.1. The summed E-state index contributed by atoms with van der Waals surface area (Å²) in [6.45, 7) is 2.94. The Hall–Kier alpha value is -2.53. The van der Waals surface area contributed by atoms with E-state index in [0.717, 1.165) is 36.2 Å². The largest absolute Gasteiger partial charge is 0.335 e. The third-order valence-electron chi connectivity index (χ3n) is 5.92. The van der Waals surface area contributed by atoms with E-state index in [1.54, 1.807) is 23.1 Å². The number of carbonyl (C=O) groups is 1. The van der Waals surface area contributed by atoms with Crippen LogP contribution in [0.25, 0.3) is 10.1 Å². The fourth-order valence-electron chi connectivity index (χ4n) is 3.94. The quantitative estimate of drug-likeness (QED) is 0.323. The molecule has 0 radical (unpaired) electrons.